The third kappa shape index (κ3) is 2.80. The SMILES string of the molecule is CN1CCN(CC(=O)c2ccc3c(c2)CCO3)CC1. The molecule has 1 aromatic rings. The third-order valence-electron chi connectivity index (χ3n) is 3.97. The van der Waals surface area contributed by atoms with Crippen LogP contribution in [-0.4, -0.2) is 62.0 Å². The number of Topliss-reactive ketones (excluding diaryl/α,β-unsaturated/α-hetero) is 1. The zero-order valence-electron chi connectivity index (χ0n) is 11.4. The topological polar surface area (TPSA) is 32.8 Å². The summed E-state index contributed by atoms with van der Waals surface area (Å²) in [6, 6.07) is 5.82. The number of piperazine rings is 1. The molecule has 0 saturated carbocycles. The fourth-order valence-electron chi connectivity index (χ4n) is 2.66. The molecule has 2 aliphatic rings. The zero-order chi connectivity index (χ0) is 13.2. The molecular weight excluding hydrogens is 240 g/mol. The minimum Gasteiger partial charge on any atom is -0.493 e. The lowest BCUT2D eigenvalue weighted by Crippen LogP contribution is -2.46. The molecule has 4 heteroatoms. The summed E-state index contributed by atoms with van der Waals surface area (Å²) in [5, 5.41) is 0. The maximum Gasteiger partial charge on any atom is 0.176 e. The van der Waals surface area contributed by atoms with Gasteiger partial charge in [0, 0.05) is 38.2 Å². The molecule has 0 bridgehead atoms. The molecule has 1 saturated heterocycles. The molecular formula is C15H20N2O2. The molecule has 102 valence electrons. The van der Waals surface area contributed by atoms with Crippen molar-refractivity contribution in [3.05, 3.63) is 29.3 Å². The summed E-state index contributed by atoms with van der Waals surface area (Å²) in [6.45, 7) is 5.34. The molecule has 0 spiro atoms. The minimum atomic E-state index is 0.222. The van der Waals surface area contributed by atoms with Crippen molar-refractivity contribution in [3.63, 3.8) is 0 Å². The first-order valence-electron chi connectivity index (χ1n) is 6.92. The molecule has 0 radical (unpaired) electrons. The van der Waals surface area contributed by atoms with E-state index in [4.69, 9.17) is 4.74 Å². The standard InChI is InChI=1S/C15H20N2O2/c1-16-5-7-17(8-6-16)11-14(18)12-2-3-15-13(10-12)4-9-19-15/h2-3,10H,4-9,11H2,1H3. The molecule has 19 heavy (non-hydrogen) atoms. The van der Waals surface area contributed by atoms with Crippen LogP contribution in [0.4, 0.5) is 0 Å². The molecule has 0 aliphatic carbocycles. The van der Waals surface area contributed by atoms with Crippen LogP contribution < -0.4 is 4.74 Å². The van der Waals surface area contributed by atoms with Gasteiger partial charge in [-0.25, -0.2) is 0 Å². The molecule has 4 nitrogen and oxygen atoms in total. The fourth-order valence-corrected chi connectivity index (χ4v) is 2.66. The van der Waals surface area contributed by atoms with E-state index in [9.17, 15) is 4.79 Å². The van der Waals surface area contributed by atoms with Crippen LogP contribution in [-0.2, 0) is 6.42 Å². The van der Waals surface area contributed by atoms with Gasteiger partial charge in [-0.15, -0.1) is 0 Å². The van der Waals surface area contributed by atoms with Crippen LogP contribution in [0.2, 0.25) is 0 Å². The van der Waals surface area contributed by atoms with E-state index in [1.165, 1.54) is 5.56 Å². The first-order chi connectivity index (χ1) is 9.22. The van der Waals surface area contributed by atoms with Crippen molar-refractivity contribution in [3.8, 4) is 5.75 Å². The van der Waals surface area contributed by atoms with E-state index in [2.05, 4.69) is 16.8 Å². The lowest BCUT2D eigenvalue weighted by Gasteiger charge is -2.31. The van der Waals surface area contributed by atoms with E-state index in [0.29, 0.717) is 6.54 Å². The van der Waals surface area contributed by atoms with Gasteiger partial charge in [0.25, 0.3) is 0 Å². The number of hydrogen-bond donors (Lipinski definition) is 0. The summed E-state index contributed by atoms with van der Waals surface area (Å²) in [5.41, 5.74) is 1.99. The van der Waals surface area contributed by atoms with Crippen molar-refractivity contribution in [2.24, 2.45) is 0 Å². The Bertz CT molecular complexity index is 479. The van der Waals surface area contributed by atoms with Crippen LogP contribution in [0.25, 0.3) is 0 Å². The Morgan fingerprint density at radius 2 is 2.05 bits per heavy atom. The molecule has 2 heterocycles. The average Bonchev–Trinajstić information content (AvgIpc) is 2.88. The molecule has 0 atom stereocenters. The first kappa shape index (κ1) is 12.6. The molecule has 0 aromatic heterocycles. The van der Waals surface area contributed by atoms with Crippen LogP contribution in [0, 0.1) is 0 Å². The highest BCUT2D eigenvalue weighted by atomic mass is 16.5. The fraction of sp³-hybridized carbons (Fsp3) is 0.533. The normalized spacial score (nSPS) is 20.1. The smallest absolute Gasteiger partial charge is 0.176 e. The van der Waals surface area contributed by atoms with Gasteiger partial charge in [-0.3, -0.25) is 9.69 Å². The summed E-state index contributed by atoms with van der Waals surface area (Å²) in [4.78, 5) is 16.8. The highest BCUT2D eigenvalue weighted by Crippen LogP contribution is 2.26. The van der Waals surface area contributed by atoms with E-state index in [0.717, 1.165) is 50.5 Å². The Morgan fingerprint density at radius 3 is 2.84 bits per heavy atom. The van der Waals surface area contributed by atoms with Crippen LogP contribution in [0.3, 0.4) is 0 Å². The molecule has 1 fully saturated rings. The van der Waals surface area contributed by atoms with Crippen molar-refractivity contribution in [2.75, 3.05) is 46.4 Å². The molecule has 3 rings (SSSR count). The Morgan fingerprint density at radius 1 is 1.26 bits per heavy atom. The van der Waals surface area contributed by atoms with Gasteiger partial charge >= 0.3 is 0 Å². The van der Waals surface area contributed by atoms with Gasteiger partial charge < -0.3 is 9.64 Å². The molecule has 1 aromatic carbocycles. The van der Waals surface area contributed by atoms with Crippen molar-refractivity contribution in [1.82, 2.24) is 9.80 Å². The summed E-state index contributed by atoms with van der Waals surface area (Å²) in [7, 11) is 2.12. The van der Waals surface area contributed by atoms with E-state index >= 15 is 0 Å². The average molecular weight is 260 g/mol. The van der Waals surface area contributed by atoms with Crippen molar-refractivity contribution < 1.29 is 9.53 Å². The Labute approximate surface area is 113 Å². The van der Waals surface area contributed by atoms with Gasteiger partial charge in [0.2, 0.25) is 0 Å². The maximum absolute atomic E-state index is 12.3. The number of carbonyl (C=O) groups is 1. The third-order valence-corrected chi connectivity index (χ3v) is 3.97. The Kier molecular flexibility index (Phi) is 3.53. The van der Waals surface area contributed by atoms with Crippen molar-refractivity contribution >= 4 is 5.78 Å². The van der Waals surface area contributed by atoms with Crippen LogP contribution in [0.15, 0.2) is 18.2 Å². The number of hydrogen-bond acceptors (Lipinski definition) is 4. The highest BCUT2D eigenvalue weighted by molar-refractivity contribution is 5.98. The number of rotatable bonds is 3. The summed E-state index contributed by atoms with van der Waals surface area (Å²) in [5.74, 6) is 1.16. The number of likely N-dealkylation sites (N-methyl/N-ethyl adjacent to an activating group) is 1. The minimum absolute atomic E-state index is 0.222. The van der Waals surface area contributed by atoms with Crippen molar-refractivity contribution in [2.45, 2.75) is 6.42 Å². The van der Waals surface area contributed by atoms with Crippen LogP contribution in [0.1, 0.15) is 15.9 Å². The molecule has 0 amide bonds. The quantitative estimate of drug-likeness (QED) is 0.761. The van der Waals surface area contributed by atoms with E-state index in [-0.39, 0.29) is 5.78 Å². The number of carbonyl (C=O) groups excluding carboxylic acids is 1. The monoisotopic (exact) mass is 260 g/mol. The Balaban J connectivity index is 1.64. The number of ether oxygens (including phenoxy) is 1. The lowest BCUT2D eigenvalue weighted by atomic mass is 10.0. The molecule has 0 unspecified atom stereocenters. The number of ketones is 1. The van der Waals surface area contributed by atoms with Gasteiger partial charge in [-0.1, -0.05) is 0 Å². The number of nitrogens with zero attached hydrogens (tertiary/aromatic N) is 2. The van der Waals surface area contributed by atoms with E-state index in [1.807, 2.05) is 18.2 Å². The number of benzene rings is 1. The van der Waals surface area contributed by atoms with Gasteiger partial charge in [0.15, 0.2) is 5.78 Å². The van der Waals surface area contributed by atoms with Crippen molar-refractivity contribution in [1.29, 1.82) is 0 Å². The molecule has 2 aliphatic heterocycles. The summed E-state index contributed by atoms with van der Waals surface area (Å²) >= 11 is 0. The maximum atomic E-state index is 12.3. The van der Waals surface area contributed by atoms with Crippen LogP contribution in [0.5, 0.6) is 5.75 Å². The largest absolute Gasteiger partial charge is 0.493 e. The second kappa shape index (κ2) is 5.31. The van der Waals surface area contributed by atoms with Gasteiger partial charge in [-0.05, 0) is 30.8 Å². The predicted octanol–water partition coefficient (Wildman–Crippen LogP) is 1.05. The molecule has 0 N–H and O–H groups in total. The predicted molar refractivity (Wildman–Crippen MR) is 73.9 cm³/mol. The highest BCUT2D eigenvalue weighted by Gasteiger charge is 2.19. The van der Waals surface area contributed by atoms with E-state index < -0.39 is 0 Å². The zero-order valence-corrected chi connectivity index (χ0v) is 11.4. The number of fused-ring (bicyclic) bond motifs is 1. The second-order valence-electron chi connectivity index (χ2n) is 5.42. The van der Waals surface area contributed by atoms with E-state index in [1.54, 1.807) is 0 Å². The summed E-state index contributed by atoms with van der Waals surface area (Å²) < 4.78 is 5.47. The second-order valence-corrected chi connectivity index (χ2v) is 5.42. The lowest BCUT2D eigenvalue weighted by molar-refractivity contribution is 0.0876. The summed E-state index contributed by atoms with van der Waals surface area (Å²) in [6.07, 6.45) is 0.922. The first-order valence-corrected chi connectivity index (χ1v) is 6.92. The van der Waals surface area contributed by atoms with Gasteiger partial charge in [0.05, 0.1) is 13.2 Å². The Hall–Kier alpha value is -1.39. The van der Waals surface area contributed by atoms with Crippen LogP contribution >= 0.6 is 0 Å². The van der Waals surface area contributed by atoms with Gasteiger partial charge in [0.1, 0.15) is 5.75 Å². The van der Waals surface area contributed by atoms with Gasteiger partial charge in [-0.2, -0.15) is 0 Å².